The molecule has 1 N–H and O–H groups in total. The smallest absolute Gasteiger partial charge is 0.312 e. The number of esters is 1. The van der Waals surface area contributed by atoms with Crippen LogP contribution in [0.5, 0.6) is 5.75 Å². The number of carbonyl (C=O) groups is 2. The predicted octanol–water partition coefficient (Wildman–Crippen LogP) is 4.12. The summed E-state index contributed by atoms with van der Waals surface area (Å²) in [5.74, 6) is 0.914. The van der Waals surface area contributed by atoms with Crippen molar-refractivity contribution in [2.75, 3.05) is 13.7 Å². The Hall–Kier alpha value is -2.83. The number of carbonyl (C=O) groups excluding carboxylic acids is 2. The van der Waals surface area contributed by atoms with Crippen molar-refractivity contribution in [3.8, 4) is 5.75 Å². The van der Waals surface area contributed by atoms with Crippen LogP contribution in [0.25, 0.3) is 0 Å². The molecule has 4 atom stereocenters. The molecule has 0 spiro atoms. The number of furan rings is 1. The zero-order valence-corrected chi connectivity index (χ0v) is 18.2. The van der Waals surface area contributed by atoms with Crippen LogP contribution in [0.15, 0.2) is 41.0 Å². The Balaban J connectivity index is 1.30. The van der Waals surface area contributed by atoms with Crippen molar-refractivity contribution in [3.63, 3.8) is 0 Å². The maximum Gasteiger partial charge on any atom is 0.312 e. The van der Waals surface area contributed by atoms with E-state index in [1.54, 1.807) is 18.2 Å². The van der Waals surface area contributed by atoms with Gasteiger partial charge < -0.3 is 19.2 Å². The Morgan fingerprint density at radius 2 is 1.97 bits per heavy atom. The van der Waals surface area contributed by atoms with E-state index in [2.05, 4.69) is 5.32 Å². The van der Waals surface area contributed by atoms with Gasteiger partial charge in [0.05, 0.1) is 25.3 Å². The number of nitrogens with one attached hydrogen (secondary N) is 1. The highest BCUT2D eigenvalue weighted by molar-refractivity contribution is 5.83. The number of hydrogen-bond donors (Lipinski definition) is 1. The molecule has 170 valence electrons. The molecule has 2 aromatic rings. The molecule has 1 aromatic heterocycles. The third-order valence-electron chi connectivity index (χ3n) is 7.62. The largest absolute Gasteiger partial charge is 0.497 e. The third kappa shape index (κ3) is 3.67. The molecule has 2 unspecified atom stereocenters. The fourth-order valence-electron chi connectivity index (χ4n) is 6.80. The topological polar surface area (TPSA) is 77.8 Å². The molecule has 1 aromatic carbocycles. The minimum Gasteiger partial charge on any atom is -0.497 e. The van der Waals surface area contributed by atoms with Crippen molar-refractivity contribution < 1.29 is 27.9 Å². The van der Waals surface area contributed by atoms with Gasteiger partial charge >= 0.3 is 5.97 Å². The summed E-state index contributed by atoms with van der Waals surface area (Å²) in [6.45, 7) is -0.0704. The van der Waals surface area contributed by atoms with Crippen molar-refractivity contribution in [1.82, 2.24) is 5.32 Å². The van der Waals surface area contributed by atoms with E-state index in [9.17, 15) is 9.59 Å². The zero-order valence-electron chi connectivity index (χ0n) is 18.2. The van der Waals surface area contributed by atoms with Gasteiger partial charge in [-0.15, -0.1) is 0 Å². The van der Waals surface area contributed by atoms with Gasteiger partial charge in [0.2, 0.25) is 0 Å². The summed E-state index contributed by atoms with van der Waals surface area (Å²) in [6, 6.07) is 8.56. The van der Waals surface area contributed by atoms with Gasteiger partial charge in [-0.05, 0) is 79.5 Å². The monoisotopic (exact) mass is 441 g/mol. The van der Waals surface area contributed by atoms with Crippen LogP contribution < -0.4 is 10.1 Å². The summed E-state index contributed by atoms with van der Waals surface area (Å²) in [5, 5.41) is 2.69. The van der Waals surface area contributed by atoms with Gasteiger partial charge in [0.15, 0.2) is 6.61 Å². The summed E-state index contributed by atoms with van der Waals surface area (Å²) in [4.78, 5) is 25.4. The second kappa shape index (κ2) is 7.94. The van der Waals surface area contributed by atoms with Gasteiger partial charge in [-0.3, -0.25) is 9.59 Å². The Kier molecular flexibility index (Phi) is 5.22. The Morgan fingerprint density at radius 3 is 2.62 bits per heavy atom. The number of methoxy groups -OCH3 is 1. The van der Waals surface area contributed by atoms with E-state index in [1.807, 2.05) is 6.07 Å². The molecule has 4 aliphatic carbocycles. The number of benzene rings is 1. The molecule has 1 amide bonds. The average molecular weight is 441 g/mol. The van der Waals surface area contributed by atoms with Gasteiger partial charge in [-0.1, -0.05) is 6.07 Å². The highest BCUT2D eigenvalue weighted by atomic mass is 19.1. The average Bonchev–Trinajstić information content (AvgIpc) is 3.28. The number of amides is 1. The van der Waals surface area contributed by atoms with Gasteiger partial charge in [0.25, 0.3) is 5.91 Å². The fraction of sp³-hybridized carbons (Fsp3) is 0.520. The molecule has 4 saturated carbocycles. The van der Waals surface area contributed by atoms with E-state index in [0.717, 1.165) is 32.1 Å². The molecule has 0 saturated heterocycles. The van der Waals surface area contributed by atoms with E-state index in [-0.39, 0.29) is 36.3 Å². The molecule has 1 heterocycles. The van der Waals surface area contributed by atoms with Gasteiger partial charge in [-0.2, -0.15) is 0 Å². The molecule has 4 aliphatic rings. The van der Waals surface area contributed by atoms with E-state index in [1.165, 1.54) is 19.4 Å². The molecule has 6 nitrogen and oxygen atoms in total. The molecule has 0 aliphatic heterocycles. The van der Waals surface area contributed by atoms with Gasteiger partial charge in [-0.25, -0.2) is 4.39 Å². The highest BCUT2D eigenvalue weighted by Gasteiger charge is 2.62. The van der Waals surface area contributed by atoms with Gasteiger partial charge in [0, 0.05) is 6.07 Å². The molecule has 32 heavy (non-hydrogen) atoms. The van der Waals surface area contributed by atoms with E-state index >= 15 is 4.39 Å². The molecule has 6 rings (SSSR count). The first kappa shape index (κ1) is 21.0. The van der Waals surface area contributed by atoms with Crippen LogP contribution in [0.2, 0.25) is 0 Å². The third-order valence-corrected chi connectivity index (χ3v) is 7.62. The number of rotatable bonds is 7. The quantitative estimate of drug-likeness (QED) is 0.654. The lowest BCUT2D eigenvalue weighted by Gasteiger charge is -2.61. The Labute approximate surface area is 186 Å². The van der Waals surface area contributed by atoms with Crippen molar-refractivity contribution in [3.05, 3.63) is 53.7 Å². The van der Waals surface area contributed by atoms with Crippen LogP contribution in [-0.2, 0) is 26.3 Å². The summed E-state index contributed by atoms with van der Waals surface area (Å²) >= 11 is 0. The second-order valence-electron chi connectivity index (χ2n) is 9.80. The normalized spacial score (nSPS) is 30.2. The minimum absolute atomic E-state index is 0.249. The van der Waals surface area contributed by atoms with Crippen molar-refractivity contribution in [1.29, 1.82) is 0 Å². The molecule has 4 bridgehead atoms. The molecule has 0 radical (unpaired) electrons. The number of hydrogen-bond acceptors (Lipinski definition) is 5. The maximum absolute atomic E-state index is 15.1. The van der Waals surface area contributed by atoms with E-state index < -0.39 is 5.41 Å². The van der Waals surface area contributed by atoms with Crippen LogP contribution in [0.1, 0.15) is 49.8 Å². The summed E-state index contributed by atoms with van der Waals surface area (Å²) < 4.78 is 30.9. The van der Waals surface area contributed by atoms with Gasteiger partial charge in [0.1, 0.15) is 17.3 Å². The second-order valence-corrected chi connectivity index (χ2v) is 9.80. The SMILES string of the molecule is COc1ccc(C23C[C@@H]4C[C@@H](CC(C(=O)OCC(=O)NCc5ccco5)(C4)C2)C3)c(F)c1. The zero-order chi connectivity index (χ0) is 22.3. The van der Waals surface area contributed by atoms with E-state index in [4.69, 9.17) is 13.9 Å². The highest BCUT2D eigenvalue weighted by Crippen LogP contribution is 2.66. The summed E-state index contributed by atoms with van der Waals surface area (Å²) in [5.41, 5.74) is -0.320. The lowest BCUT2D eigenvalue weighted by atomic mass is 9.43. The van der Waals surface area contributed by atoms with Crippen LogP contribution >= 0.6 is 0 Å². The van der Waals surface area contributed by atoms with Crippen LogP contribution in [0.3, 0.4) is 0 Å². The predicted molar refractivity (Wildman–Crippen MR) is 113 cm³/mol. The summed E-state index contributed by atoms with van der Waals surface area (Å²) in [6.07, 6.45) is 6.50. The molecule has 4 fully saturated rings. The molecular formula is C25H28FNO5. The van der Waals surface area contributed by atoms with Crippen molar-refractivity contribution >= 4 is 11.9 Å². The van der Waals surface area contributed by atoms with E-state index in [0.29, 0.717) is 35.3 Å². The Bertz CT molecular complexity index is 1000. The fourth-order valence-corrected chi connectivity index (χ4v) is 6.80. The number of halogens is 1. The number of ether oxygens (including phenoxy) is 2. The first-order chi connectivity index (χ1) is 15.4. The first-order valence-electron chi connectivity index (χ1n) is 11.2. The van der Waals surface area contributed by atoms with Crippen molar-refractivity contribution in [2.45, 2.75) is 50.5 Å². The van der Waals surface area contributed by atoms with Crippen LogP contribution in [0.4, 0.5) is 4.39 Å². The Morgan fingerprint density at radius 1 is 1.19 bits per heavy atom. The first-order valence-corrected chi connectivity index (χ1v) is 11.2. The summed E-state index contributed by atoms with van der Waals surface area (Å²) in [7, 11) is 1.52. The standard InChI is InChI=1S/C25H28FNO5/c1-30-18-4-5-20(21(26)8-18)24-9-16-7-17(10-24)12-25(11-16,15-24)23(29)32-14-22(28)27-13-19-3-2-6-31-19/h2-6,8,16-17H,7,9-15H2,1H3,(H,27,28)/t16-,17+,24?,25?. The lowest BCUT2D eigenvalue weighted by molar-refractivity contribution is -0.175. The molecule has 7 heteroatoms. The van der Waals surface area contributed by atoms with Crippen molar-refractivity contribution in [2.24, 2.45) is 17.3 Å². The maximum atomic E-state index is 15.1. The minimum atomic E-state index is -0.641. The van der Waals surface area contributed by atoms with Crippen LogP contribution in [-0.4, -0.2) is 25.6 Å². The lowest BCUT2D eigenvalue weighted by Crippen LogP contribution is -2.57. The molecular weight excluding hydrogens is 413 g/mol. The van der Waals surface area contributed by atoms with Crippen LogP contribution in [0, 0.1) is 23.1 Å².